The van der Waals surface area contributed by atoms with Crippen LogP contribution < -0.4 is 5.32 Å². The van der Waals surface area contributed by atoms with Gasteiger partial charge in [0.15, 0.2) is 6.29 Å². The number of nitrogens with one attached hydrogen (secondary N) is 1. The summed E-state index contributed by atoms with van der Waals surface area (Å²) in [6, 6.07) is -1.17. The number of amides is 1. The number of aliphatic hydroxyl groups excluding tert-OH is 6. The van der Waals surface area contributed by atoms with Gasteiger partial charge in [0.2, 0.25) is 5.91 Å². The molecule has 0 aliphatic carbocycles. The highest BCUT2D eigenvalue weighted by atomic mass is 16.7. The van der Waals surface area contributed by atoms with Gasteiger partial charge in [0, 0.05) is 36.5 Å². The summed E-state index contributed by atoms with van der Waals surface area (Å²) in [6.07, 6.45) is 23.6. The molecular weight excluding hydrogens is 867 g/mol. The van der Waals surface area contributed by atoms with Crippen LogP contribution in [0.5, 0.6) is 0 Å². The van der Waals surface area contributed by atoms with Crippen molar-refractivity contribution in [3.8, 4) is 131 Å². The lowest BCUT2D eigenvalue weighted by atomic mass is 9.99. The second kappa shape index (κ2) is 44.8. The number of hydrogen-bond donors (Lipinski definition) is 7. The van der Waals surface area contributed by atoms with E-state index in [2.05, 4.69) is 137 Å². The van der Waals surface area contributed by atoms with Crippen molar-refractivity contribution >= 4 is 5.91 Å². The van der Waals surface area contributed by atoms with E-state index in [0.29, 0.717) is 6.42 Å². The Balaban J connectivity index is 2.49. The highest BCUT2D eigenvalue weighted by Crippen LogP contribution is 2.23. The van der Waals surface area contributed by atoms with Crippen molar-refractivity contribution in [2.24, 2.45) is 0 Å². The molecule has 0 unspecified atom stereocenters. The van der Waals surface area contributed by atoms with Crippen molar-refractivity contribution in [3.05, 3.63) is 0 Å². The largest absolute Gasteiger partial charge is 0.394 e. The van der Waals surface area contributed by atoms with Gasteiger partial charge in [0.25, 0.3) is 0 Å². The molecule has 10 nitrogen and oxygen atoms in total. The molecule has 0 aromatic carbocycles. The summed E-state index contributed by atoms with van der Waals surface area (Å²) in [6.45, 7) is 1.17. The van der Waals surface area contributed by atoms with Gasteiger partial charge >= 0.3 is 0 Å². The van der Waals surface area contributed by atoms with E-state index in [4.69, 9.17) is 15.9 Å². The van der Waals surface area contributed by atoms with Gasteiger partial charge < -0.3 is 45.4 Å². The molecule has 0 radical (unpaired) electrons. The first-order chi connectivity index (χ1) is 33.8. The Bertz CT molecular complexity index is 2160. The van der Waals surface area contributed by atoms with Crippen LogP contribution in [0.15, 0.2) is 0 Å². The Labute approximate surface area is 415 Å². The molecule has 0 aromatic heterocycles. The van der Waals surface area contributed by atoms with Crippen LogP contribution in [0, 0.1) is 131 Å². The number of ether oxygens (including phenoxy) is 2. The molecule has 368 valence electrons. The average molecular weight is 940 g/mol. The number of rotatable bonds is 32. The second-order valence-corrected chi connectivity index (χ2v) is 16.7. The van der Waals surface area contributed by atoms with E-state index in [0.717, 1.165) is 19.3 Å². The lowest BCUT2D eigenvalue weighted by Crippen LogP contribution is -2.60. The average Bonchev–Trinajstić information content (AvgIpc) is 3.35. The van der Waals surface area contributed by atoms with Crippen molar-refractivity contribution in [2.75, 3.05) is 13.2 Å². The van der Waals surface area contributed by atoms with Gasteiger partial charge in [-0.25, -0.2) is 0 Å². The molecule has 0 saturated carbocycles. The Morgan fingerprint density at radius 1 is 0.536 bits per heavy atom. The third-order valence-corrected chi connectivity index (χ3v) is 11.0. The van der Waals surface area contributed by atoms with Crippen LogP contribution in [-0.2, 0) is 14.3 Å². The molecule has 7 N–H and O–H groups in total. The summed E-state index contributed by atoms with van der Waals surface area (Å²) in [5.74, 6) is 51.4. The fourth-order valence-corrected chi connectivity index (χ4v) is 7.14. The first-order valence-electron chi connectivity index (χ1n) is 24.8. The van der Waals surface area contributed by atoms with Crippen molar-refractivity contribution < 1.29 is 44.9 Å². The summed E-state index contributed by atoms with van der Waals surface area (Å²) >= 11 is 0. The second-order valence-electron chi connectivity index (χ2n) is 16.7. The van der Waals surface area contributed by atoms with Gasteiger partial charge in [-0.1, -0.05) is 154 Å². The van der Waals surface area contributed by atoms with Gasteiger partial charge in [-0.05, 0) is 101 Å². The standard InChI is InChI=1S/C59H73NO9/c1-3-5-7-9-11-13-15-17-19-21-23-25-26-28-30-32-34-36-38-40-42-44-46-48-54(63)60-51(50-68-59-58(67)57(66)56(65)53(49-61)69-59)55(64)52(62)47-45-43-41-39-37-35-33-31-29-27-24-22-20-18-16-14-12-10-8-6-4-2/h2,51-53,55-59,61-62,64-67H,3,5,7,9,11,13,15,17,19,21,23,25-26,28,30,32,34,36,38,40,42,44,46-50H2,1H3,(H,60,63)/t51-,52+,53+,55-,56-,57-,58+,59-/m0/s1. The smallest absolute Gasteiger partial charge is 0.220 e. The molecule has 1 amide bonds. The first kappa shape index (κ1) is 61.3. The van der Waals surface area contributed by atoms with Gasteiger partial charge in [0.1, 0.15) is 30.5 Å². The maximum Gasteiger partial charge on any atom is 0.220 e. The van der Waals surface area contributed by atoms with Crippen molar-refractivity contribution in [2.45, 2.75) is 216 Å². The maximum atomic E-state index is 13.0. The molecule has 8 atom stereocenters. The fraction of sp³-hybridized carbons (Fsp3) is 0.610. The van der Waals surface area contributed by atoms with Gasteiger partial charge in [0.05, 0.1) is 25.4 Å². The highest BCUT2D eigenvalue weighted by Gasteiger charge is 2.44. The van der Waals surface area contributed by atoms with Crippen molar-refractivity contribution in [3.63, 3.8) is 0 Å². The molecular formula is C59H73NO9. The van der Waals surface area contributed by atoms with E-state index in [1.165, 1.54) is 122 Å². The summed E-state index contributed by atoms with van der Waals surface area (Å²) in [5.41, 5.74) is 0. The molecule has 0 spiro atoms. The zero-order valence-electron chi connectivity index (χ0n) is 40.7. The van der Waals surface area contributed by atoms with E-state index >= 15 is 0 Å². The maximum absolute atomic E-state index is 13.0. The lowest BCUT2D eigenvalue weighted by molar-refractivity contribution is -0.303. The molecule has 1 aliphatic rings. The molecule has 10 heteroatoms. The van der Waals surface area contributed by atoms with E-state index < -0.39 is 62.2 Å². The van der Waals surface area contributed by atoms with E-state index in [9.17, 15) is 35.4 Å². The molecule has 0 aromatic rings. The van der Waals surface area contributed by atoms with Gasteiger partial charge in [-0.2, -0.15) is 0 Å². The number of aliphatic hydroxyl groups is 6. The Morgan fingerprint density at radius 2 is 0.899 bits per heavy atom. The van der Waals surface area contributed by atoms with Gasteiger partial charge in [-0.15, -0.1) is 6.42 Å². The third-order valence-electron chi connectivity index (χ3n) is 11.0. The highest BCUT2D eigenvalue weighted by molar-refractivity contribution is 5.76. The summed E-state index contributed by atoms with van der Waals surface area (Å²) < 4.78 is 11.0. The van der Waals surface area contributed by atoms with Crippen LogP contribution in [0.1, 0.15) is 167 Å². The minimum atomic E-state index is -1.69. The number of unbranched alkanes of at least 4 members (excludes halogenated alkanes) is 22. The Morgan fingerprint density at radius 3 is 1.28 bits per heavy atom. The van der Waals surface area contributed by atoms with Crippen LogP contribution in [0.4, 0.5) is 0 Å². The first-order valence-corrected chi connectivity index (χ1v) is 24.8. The molecule has 1 fully saturated rings. The third kappa shape index (κ3) is 34.3. The zero-order chi connectivity index (χ0) is 50.3. The Kier molecular flexibility index (Phi) is 39.8. The molecule has 1 saturated heterocycles. The Hall–Kier alpha value is -5.69. The fourth-order valence-electron chi connectivity index (χ4n) is 7.14. The van der Waals surface area contributed by atoms with Crippen LogP contribution >= 0.6 is 0 Å². The predicted octanol–water partition coefficient (Wildman–Crippen LogP) is 5.45. The topological polar surface area (TPSA) is 169 Å². The number of terminal acetylenes is 1. The van der Waals surface area contributed by atoms with Crippen LogP contribution in [0.2, 0.25) is 0 Å². The van der Waals surface area contributed by atoms with Crippen LogP contribution in [-0.4, -0.2) is 98.7 Å². The lowest BCUT2D eigenvalue weighted by Gasteiger charge is -2.40. The van der Waals surface area contributed by atoms with Crippen LogP contribution in [0.25, 0.3) is 0 Å². The summed E-state index contributed by atoms with van der Waals surface area (Å²) in [4.78, 5) is 13.0. The quantitative estimate of drug-likeness (QED) is 0.0343. The molecule has 69 heavy (non-hydrogen) atoms. The summed E-state index contributed by atoms with van der Waals surface area (Å²) in [5, 5.41) is 64.8. The van der Waals surface area contributed by atoms with E-state index in [-0.39, 0.29) is 18.7 Å². The van der Waals surface area contributed by atoms with Crippen molar-refractivity contribution in [1.82, 2.24) is 5.32 Å². The van der Waals surface area contributed by atoms with Crippen molar-refractivity contribution in [1.29, 1.82) is 0 Å². The monoisotopic (exact) mass is 940 g/mol. The number of carbonyl (C=O) groups is 1. The zero-order valence-corrected chi connectivity index (χ0v) is 40.7. The minimum absolute atomic E-state index is 0.189. The summed E-state index contributed by atoms with van der Waals surface area (Å²) in [7, 11) is 0. The predicted molar refractivity (Wildman–Crippen MR) is 271 cm³/mol. The van der Waals surface area contributed by atoms with E-state index in [1.807, 2.05) is 0 Å². The minimum Gasteiger partial charge on any atom is -0.394 e. The molecule has 0 bridgehead atoms. The molecule has 1 aliphatic heterocycles. The number of carbonyl (C=O) groups excluding carboxylic acids is 1. The molecule has 1 rings (SSSR count). The van der Waals surface area contributed by atoms with Gasteiger partial charge in [-0.3, -0.25) is 4.79 Å². The van der Waals surface area contributed by atoms with Crippen LogP contribution in [0.3, 0.4) is 0 Å². The SMILES string of the molecule is C#CC#CC#CC#CC#CC#CC#CC#CC#CC#CC#CC[C@@H](O)[C@@H](O)[C@H](CO[C@H]1O[C@H](CO)[C@H](O)[C@H](O)[C@H]1O)NC(=O)CCCCCCCCCCCCCCCCCCCCCCCCC. The molecule has 1 heterocycles. The normalized spacial score (nSPS) is 17.3. The number of hydrogen-bond acceptors (Lipinski definition) is 9. The van der Waals surface area contributed by atoms with E-state index in [1.54, 1.807) is 0 Å².